The average molecular weight is 380 g/mol. The number of carbonyl (C=O) groups is 1. The van der Waals surface area contributed by atoms with Crippen LogP contribution in [0.1, 0.15) is 17.5 Å². The third kappa shape index (κ3) is 4.46. The smallest absolute Gasteiger partial charge is 0.248 e. The summed E-state index contributed by atoms with van der Waals surface area (Å²) >= 11 is 1.48. The first-order chi connectivity index (χ1) is 13.3. The van der Waals surface area contributed by atoms with Crippen LogP contribution in [0.3, 0.4) is 0 Å². The van der Waals surface area contributed by atoms with Crippen LogP contribution in [0.2, 0.25) is 0 Å². The van der Waals surface area contributed by atoms with E-state index < -0.39 is 0 Å². The van der Waals surface area contributed by atoms with Crippen molar-refractivity contribution in [3.8, 4) is 11.5 Å². The minimum absolute atomic E-state index is 0.117. The van der Waals surface area contributed by atoms with E-state index >= 15 is 0 Å². The molecule has 1 aliphatic heterocycles. The van der Waals surface area contributed by atoms with Gasteiger partial charge in [0, 0.05) is 24.5 Å². The van der Waals surface area contributed by atoms with Crippen LogP contribution in [-0.4, -0.2) is 23.7 Å². The van der Waals surface area contributed by atoms with Gasteiger partial charge in [0.15, 0.2) is 16.3 Å². The first kappa shape index (κ1) is 17.5. The number of carbonyl (C=O) groups excluding carboxylic acids is 1. The number of fused-ring (bicyclic) bond motifs is 1. The second-order valence-electron chi connectivity index (χ2n) is 6.28. The molecule has 0 unspecified atom stereocenters. The van der Waals surface area contributed by atoms with Crippen LogP contribution in [0.5, 0.6) is 11.5 Å². The molecule has 0 spiro atoms. The molecule has 0 aliphatic carbocycles. The summed E-state index contributed by atoms with van der Waals surface area (Å²) in [5.41, 5.74) is 2.23. The van der Waals surface area contributed by atoms with Crippen LogP contribution >= 0.6 is 11.3 Å². The standard InChI is InChI=1S/C21H20N2O3S/c24-20(9-7-16-6-8-18-19(14-16)26-12-11-25-18)22-21-23(10-13-27-21)15-17-4-2-1-3-5-17/h1-6,8,10,13-14H,7,9,11-12,15H2. The summed E-state index contributed by atoms with van der Waals surface area (Å²) in [6, 6.07) is 16.0. The monoisotopic (exact) mass is 380 g/mol. The molecule has 3 aromatic rings. The zero-order valence-electron chi connectivity index (χ0n) is 14.8. The fraction of sp³-hybridized carbons (Fsp3) is 0.238. The Kier molecular flexibility index (Phi) is 5.34. The molecule has 0 saturated heterocycles. The highest BCUT2D eigenvalue weighted by molar-refractivity contribution is 7.07. The van der Waals surface area contributed by atoms with E-state index in [0.29, 0.717) is 32.6 Å². The highest BCUT2D eigenvalue weighted by Gasteiger charge is 2.12. The topological polar surface area (TPSA) is 52.8 Å². The van der Waals surface area contributed by atoms with Crippen molar-refractivity contribution in [1.82, 2.24) is 4.57 Å². The number of hydrogen-bond acceptors (Lipinski definition) is 4. The van der Waals surface area contributed by atoms with E-state index in [0.717, 1.165) is 21.9 Å². The minimum atomic E-state index is -0.117. The fourth-order valence-electron chi connectivity index (χ4n) is 2.94. The number of hydrogen-bond donors (Lipinski definition) is 0. The molecule has 2 aromatic carbocycles. The van der Waals surface area contributed by atoms with Crippen molar-refractivity contribution in [2.75, 3.05) is 13.2 Å². The summed E-state index contributed by atoms with van der Waals surface area (Å²) in [5, 5.41) is 1.95. The molecular weight excluding hydrogens is 360 g/mol. The quantitative estimate of drug-likeness (QED) is 0.681. The summed E-state index contributed by atoms with van der Waals surface area (Å²) in [7, 11) is 0. The van der Waals surface area contributed by atoms with Gasteiger partial charge in [-0.25, -0.2) is 0 Å². The Labute approximate surface area is 161 Å². The largest absolute Gasteiger partial charge is 0.486 e. The van der Waals surface area contributed by atoms with Gasteiger partial charge in [-0.3, -0.25) is 4.79 Å². The van der Waals surface area contributed by atoms with Crippen molar-refractivity contribution in [3.63, 3.8) is 0 Å². The Morgan fingerprint density at radius 3 is 2.70 bits per heavy atom. The molecule has 0 atom stereocenters. The maximum atomic E-state index is 12.3. The lowest BCUT2D eigenvalue weighted by molar-refractivity contribution is -0.118. The molecule has 2 heterocycles. The van der Waals surface area contributed by atoms with Gasteiger partial charge in [0.05, 0.1) is 0 Å². The fourth-order valence-corrected chi connectivity index (χ4v) is 3.69. The van der Waals surface area contributed by atoms with E-state index in [1.54, 1.807) is 0 Å². The lowest BCUT2D eigenvalue weighted by Crippen LogP contribution is -2.17. The number of benzene rings is 2. The van der Waals surface area contributed by atoms with Gasteiger partial charge in [-0.15, -0.1) is 11.3 Å². The molecule has 27 heavy (non-hydrogen) atoms. The number of rotatable bonds is 5. The Hall–Kier alpha value is -2.86. The summed E-state index contributed by atoms with van der Waals surface area (Å²) in [6.45, 7) is 1.84. The van der Waals surface area contributed by atoms with Gasteiger partial charge in [-0.05, 0) is 29.7 Å². The van der Waals surface area contributed by atoms with E-state index in [-0.39, 0.29) is 5.91 Å². The third-order valence-electron chi connectivity index (χ3n) is 4.31. The molecule has 1 aliphatic rings. The lowest BCUT2D eigenvalue weighted by Gasteiger charge is -2.18. The van der Waals surface area contributed by atoms with Crippen molar-refractivity contribution in [1.29, 1.82) is 0 Å². The third-order valence-corrected chi connectivity index (χ3v) is 5.10. The van der Waals surface area contributed by atoms with Gasteiger partial charge >= 0.3 is 0 Å². The van der Waals surface area contributed by atoms with E-state index in [4.69, 9.17) is 9.47 Å². The zero-order valence-corrected chi connectivity index (χ0v) is 15.7. The summed E-state index contributed by atoms with van der Waals surface area (Å²) in [6.07, 6.45) is 2.95. The first-order valence-corrected chi connectivity index (χ1v) is 9.80. The number of aryl methyl sites for hydroxylation is 1. The molecule has 0 radical (unpaired) electrons. The molecule has 4 rings (SSSR count). The van der Waals surface area contributed by atoms with Crippen LogP contribution < -0.4 is 14.3 Å². The van der Waals surface area contributed by atoms with E-state index in [9.17, 15) is 4.79 Å². The lowest BCUT2D eigenvalue weighted by atomic mass is 10.1. The molecule has 0 bridgehead atoms. The Morgan fingerprint density at radius 1 is 1.04 bits per heavy atom. The number of thiazole rings is 1. The van der Waals surface area contributed by atoms with Gasteiger partial charge in [0.25, 0.3) is 0 Å². The summed E-state index contributed by atoms with van der Waals surface area (Å²) < 4.78 is 13.1. The highest BCUT2D eigenvalue weighted by Crippen LogP contribution is 2.31. The average Bonchev–Trinajstić information content (AvgIpc) is 3.13. The van der Waals surface area contributed by atoms with Gasteiger partial charge in [-0.1, -0.05) is 36.4 Å². The van der Waals surface area contributed by atoms with Crippen molar-refractivity contribution >= 4 is 17.2 Å². The second kappa shape index (κ2) is 8.22. The van der Waals surface area contributed by atoms with Crippen LogP contribution in [0.15, 0.2) is 65.1 Å². The molecule has 0 saturated carbocycles. The number of aromatic nitrogens is 1. The highest BCUT2D eigenvalue weighted by atomic mass is 32.1. The zero-order chi connectivity index (χ0) is 18.5. The molecule has 5 nitrogen and oxygen atoms in total. The van der Waals surface area contributed by atoms with Gasteiger partial charge in [0.2, 0.25) is 5.91 Å². The predicted molar refractivity (Wildman–Crippen MR) is 104 cm³/mol. The van der Waals surface area contributed by atoms with Crippen LogP contribution in [0.4, 0.5) is 0 Å². The van der Waals surface area contributed by atoms with Gasteiger partial charge < -0.3 is 14.0 Å². The number of nitrogens with zero attached hydrogens (tertiary/aromatic N) is 2. The van der Waals surface area contributed by atoms with Crippen LogP contribution in [0.25, 0.3) is 0 Å². The number of amides is 1. The van der Waals surface area contributed by atoms with Gasteiger partial charge in [-0.2, -0.15) is 4.99 Å². The van der Waals surface area contributed by atoms with E-state index in [2.05, 4.69) is 17.1 Å². The normalized spacial score (nSPS) is 13.6. The summed E-state index contributed by atoms with van der Waals surface area (Å²) in [4.78, 5) is 17.4. The van der Waals surface area contributed by atoms with Crippen molar-refractivity contribution < 1.29 is 14.3 Å². The minimum Gasteiger partial charge on any atom is -0.486 e. The number of ether oxygens (including phenoxy) is 2. The summed E-state index contributed by atoms with van der Waals surface area (Å²) in [5.74, 6) is 1.40. The van der Waals surface area contributed by atoms with E-state index in [1.165, 1.54) is 16.9 Å². The van der Waals surface area contributed by atoms with Crippen molar-refractivity contribution in [3.05, 3.63) is 76.0 Å². The molecule has 6 heteroatoms. The van der Waals surface area contributed by atoms with Crippen molar-refractivity contribution in [2.24, 2.45) is 4.99 Å². The first-order valence-electron chi connectivity index (χ1n) is 8.92. The van der Waals surface area contributed by atoms with Gasteiger partial charge in [0.1, 0.15) is 13.2 Å². The maximum Gasteiger partial charge on any atom is 0.248 e. The molecular formula is C21H20N2O3S. The molecule has 138 valence electrons. The Morgan fingerprint density at radius 2 is 1.85 bits per heavy atom. The van der Waals surface area contributed by atoms with Crippen LogP contribution in [0, 0.1) is 0 Å². The van der Waals surface area contributed by atoms with Crippen molar-refractivity contribution in [2.45, 2.75) is 19.4 Å². The maximum absolute atomic E-state index is 12.3. The Balaban J connectivity index is 1.41. The predicted octanol–water partition coefficient (Wildman–Crippen LogP) is 3.43. The molecule has 0 N–H and O–H groups in total. The second-order valence-corrected chi connectivity index (χ2v) is 7.16. The van der Waals surface area contributed by atoms with Crippen LogP contribution in [-0.2, 0) is 17.8 Å². The molecule has 1 aromatic heterocycles. The molecule has 0 fully saturated rings. The SMILES string of the molecule is O=C(CCc1ccc2c(c1)OCCO2)N=c1sccn1Cc1ccccc1. The molecule has 1 amide bonds. The van der Waals surface area contributed by atoms with E-state index in [1.807, 2.05) is 52.5 Å². The Bertz CT molecular complexity index is 992.